The van der Waals surface area contributed by atoms with Gasteiger partial charge in [0.1, 0.15) is 5.82 Å². The first-order chi connectivity index (χ1) is 14.6. The number of nitrogens with zero attached hydrogens (tertiary/aromatic N) is 2. The van der Waals surface area contributed by atoms with Crippen LogP contribution in [0.2, 0.25) is 5.02 Å². The van der Waals surface area contributed by atoms with Crippen LogP contribution in [0.4, 0.5) is 5.82 Å². The summed E-state index contributed by atoms with van der Waals surface area (Å²) < 4.78 is 0. The van der Waals surface area contributed by atoms with Gasteiger partial charge < -0.3 is 10.2 Å². The molecule has 1 N–H and O–H groups in total. The van der Waals surface area contributed by atoms with Gasteiger partial charge >= 0.3 is 0 Å². The molecule has 2 unspecified atom stereocenters. The fourth-order valence-electron chi connectivity index (χ4n) is 4.65. The molecule has 2 amide bonds. The summed E-state index contributed by atoms with van der Waals surface area (Å²) in [5.41, 5.74) is 4.29. The van der Waals surface area contributed by atoms with Gasteiger partial charge in [-0.15, -0.1) is 0 Å². The van der Waals surface area contributed by atoms with Crippen molar-refractivity contribution in [2.45, 2.75) is 26.7 Å². The summed E-state index contributed by atoms with van der Waals surface area (Å²) in [5.74, 6) is 1.51. The highest BCUT2D eigenvalue weighted by Crippen LogP contribution is 2.42. The van der Waals surface area contributed by atoms with Gasteiger partial charge in [-0.1, -0.05) is 43.3 Å². The number of fused-ring (bicyclic) bond motifs is 2. The molecule has 160 valence electrons. The van der Waals surface area contributed by atoms with E-state index >= 15 is 0 Å². The number of carbonyl (C=O) groups excluding carboxylic acids is 2. The Kier molecular flexibility index (Phi) is 5.96. The second kappa shape index (κ2) is 8.67. The molecule has 2 atom stereocenters. The van der Waals surface area contributed by atoms with Crippen molar-refractivity contribution in [3.63, 3.8) is 0 Å². The van der Waals surface area contributed by atoms with Gasteiger partial charge in [0.05, 0.1) is 0 Å². The van der Waals surface area contributed by atoms with Crippen LogP contribution in [0.15, 0.2) is 48.7 Å². The maximum Gasteiger partial charge on any atom is 0.246 e. The van der Waals surface area contributed by atoms with E-state index in [1.807, 2.05) is 35.2 Å². The Labute approximate surface area is 187 Å². The van der Waals surface area contributed by atoms with Crippen molar-refractivity contribution in [3.8, 4) is 0 Å². The van der Waals surface area contributed by atoms with Crippen molar-refractivity contribution in [2.75, 3.05) is 18.4 Å². The van der Waals surface area contributed by atoms with Gasteiger partial charge in [0.2, 0.25) is 11.8 Å². The van der Waals surface area contributed by atoms with Gasteiger partial charge in [0.15, 0.2) is 0 Å². The number of benzene rings is 1. The number of carbonyl (C=O) groups is 2. The molecule has 1 aromatic carbocycles. The number of pyridine rings is 1. The number of amides is 2. The fourth-order valence-corrected chi connectivity index (χ4v) is 4.91. The number of allylic oxidation sites excluding steroid dienone is 1. The van der Waals surface area contributed by atoms with Crippen molar-refractivity contribution in [1.29, 1.82) is 0 Å². The zero-order valence-electron chi connectivity index (χ0n) is 16.5. The Morgan fingerprint density at radius 3 is 2.87 bits per heavy atom. The van der Waals surface area contributed by atoms with Crippen molar-refractivity contribution in [2.24, 2.45) is 11.8 Å². The molecule has 0 spiro atoms. The minimum atomic E-state index is -0.000190. The largest absolute Gasteiger partial charge is 0.338 e. The predicted octanol–water partition coefficient (Wildman–Crippen LogP) is 4.83. The first-order valence-corrected chi connectivity index (χ1v) is 10.7. The molecule has 5 rings (SSSR count). The first-order valence-electron chi connectivity index (χ1n) is 10.3. The van der Waals surface area contributed by atoms with E-state index in [0.29, 0.717) is 30.5 Å². The number of hydrogen-bond donors (Lipinski definition) is 1. The van der Waals surface area contributed by atoms with Crippen LogP contribution in [0.3, 0.4) is 0 Å². The number of halogens is 1. The lowest BCUT2D eigenvalue weighted by Gasteiger charge is -2.16. The fraction of sp³-hybridized carbons (Fsp3) is 0.320. The molecule has 2 aromatic rings. The molecule has 0 bridgehead atoms. The highest BCUT2D eigenvalue weighted by Gasteiger charge is 2.38. The SMILES string of the molecule is C.O=C1CCc2cc(/C=C/C(=O)N3CC4C=C(c5ccccc5Cl)CC4C3)cnc2N1. The molecule has 1 aromatic heterocycles. The second-order valence-corrected chi connectivity index (χ2v) is 8.61. The Bertz CT molecular complexity index is 1090. The molecule has 6 heteroatoms. The number of aryl methyl sites for hydroxylation is 1. The average molecular weight is 436 g/mol. The normalized spacial score (nSPS) is 21.9. The van der Waals surface area contributed by atoms with E-state index in [1.165, 1.54) is 5.57 Å². The predicted molar refractivity (Wildman–Crippen MR) is 125 cm³/mol. The highest BCUT2D eigenvalue weighted by molar-refractivity contribution is 6.32. The molecule has 3 heterocycles. The Morgan fingerprint density at radius 2 is 2.06 bits per heavy atom. The quantitative estimate of drug-likeness (QED) is 0.702. The summed E-state index contributed by atoms with van der Waals surface area (Å²) in [5, 5.41) is 3.56. The molecule has 0 saturated carbocycles. The maximum atomic E-state index is 12.7. The molecule has 0 radical (unpaired) electrons. The van der Waals surface area contributed by atoms with E-state index in [1.54, 1.807) is 12.3 Å². The number of nitrogens with one attached hydrogen (secondary N) is 1. The van der Waals surface area contributed by atoms with Gasteiger partial charge in [-0.3, -0.25) is 9.59 Å². The first kappa shape index (κ1) is 21.3. The zero-order chi connectivity index (χ0) is 20.7. The average Bonchev–Trinajstić information content (AvgIpc) is 3.31. The van der Waals surface area contributed by atoms with Crippen LogP contribution >= 0.6 is 11.6 Å². The van der Waals surface area contributed by atoms with E-state index in [2.05, 4.69) is 22.4 Å². The lowest BCUT2D eigenvalue weighted by molar-refractivity contribution is -0.125. The van der Waals surface area contributed by atoms with E-state index < -0.39 is 0 Å². The van der Waals surface area contributed by atoms with Crippen LogP contribution in [0.5, 0.6) is 0 Å². The minimum Gasteiger partial charge on any atom is -0.338 e. The zero-order valence-corrected chi connectivity index (χ0v) is 17.2. The monoisotopic (exact) mass is 435 g/mol. The van der Waals surface area contributed by atoms with Crippen LogP contribution in [0.25, 0.3) is 11.6 Å². The van der Waals surface area contributed by atoms with Crippen molar-refractivity contribution in [1.82, 2.24) is 9.88 Å². The maximum absolute atomic E-state index is 12.7. The standard InChI is InChI=1S/C24H22ClN3O2.CH4/c25-21-4-2-1-3-20(21)17-10-18-13-28(14-19(18)11-17)23(30)8-5-15-9-16-6-7-22(29)27-24(16)26-12-15;/h1-5,8-10,12,18-19H,6-7,11,13-14H2,(H,26,27,29);1H4/b8-5+;. The molecule has 5 nitrogen and oxygen atoms in total. The van der Waals surface area contributed by atoms with Crippen LogP contribution in [0, 0.1) is 11.8 Å². The van der Waals surface area contributed by atoms with Gasteiger partial charge in [0.25, 0.3) is 0 Å². The lowest BCUT2D eigenvalue weighted by Crippen LogP contribution is -2.27. The number of rotatable bonds is 3. The highest BCUT2D eigenvalue weighted by atomic mass is 35.5. The number of anilines is 1. The van der Waals surface area contributed by atoms with E-state index in [-0.39, 0.29) is 19.2 Å². The number of likely N-dealkylation sites (tertiary alicyclic amines) is 1. The molecule has 31 heavy (non-hydrogen) atoms. The van der Waals surface area contributed by atoms with Crippen molar-refractivity contribution in [3.05, 3.63) is 70.4 Å². The second-order valence-electron chi connectivity index (χ2n) is 8.20. The summed E-state index contributed by atoms with van der Waals surface area (Å²) in [6.45, 7) is 1.52. The lowest BCUT2D eigenvalue weighted by atomic mass is 9.98. The third kappa shape index (κ3) is 4.28. The van der Waals surface area contributed by atoms with E-state index in [9.17, 15) is 9.59 Å². The van der Waals surface area contributed by atoms with Crippen LogP contribution < -0.4 is 5.32 Å². The van der Waals surface area contributed by atoms with Gasteiger partial charge in [-0.2, -0.15) is 0 Å². The smallest absolute Gasteiger partial charge is 0.246 e. The Morgan fingerprint density at radius 1 is 1.23 bits per heavy atom. The van der Waals surface area contributed by atoms with Crippen molar-refractivity contribution < 1.29 is 9.59 Å². The van der Waals surface area contributed by atoms with Gasteiger partial charge in [-0.05, 0) is 65.1 Å². The third-order valence-electron chi connectivity index (χ3n) is 6.21. The van der Waals surface area contributed by atoms with Crippen LogP contribution in [0.1, 0.15) is 37.0 Å². The van der Waals surface area contributed by atoms with Gasteiger partial charge in [-0.25, -0.2) is 4.98 Å². The molecule has 3 aliphatic rings. The van der Waals surface area contributed by atoms with Crippen molar-refractivity contribution >= 4 is 40.9 Å². The van der Waals surface area contributed by atoms with E-state index in [0.717, 1.165) is 41.2 Å². The number of hydrogen-bond acceptors (Lipinski definition) is 3. The van der Waals surface area contributed by atoms with Crippen LogP contribution in [-0.4, -0.2) is 34.8 Å². The summed E-state index contributed by atoms with van der Waals surface area (Å²) >= 11 is 6.35. The Balaban J connectivity index is 0.00000231. The minimum absolute atomic E-state index is 0. The molecular formula is C25H26ClN3O2. The third-order valence-corrected chi connectivity index (χ3v) is 6.54. The summed E-state index contributed by atoms with van der Waals surface area (Å²) in [7, 11) is 0. The Hall–Kier alpha value is -2.92. The summed E-state index contributed by atoms with van der Waals surface area (Å²) in [6.07, 6.45) is 9.54. The van der Waals surface area contributed by atoms with E-state index in [4.69, 9.17) is 11.6 Å². The summed E-state index contributed by atoms with van der Waals surface area (Å²) in [6, 6.07) is 9.95. The molecule has 1 fully saturated rings. The van der Waals surface area contributed by atoms with Crippen LogP contribution in [-0.2, 0) is 16.0 Å². The molecule has 1 saturated heterocycles. The van der Waals surface area contributed by atoms with Gasteiger partial charge in [0, 0.05) is 36.8 Å². The molecule has 1 aliphatic carbocycles. The molecule has 2 aliphatic heterocycles. The number of aromatic nitrogens is 1. The summed E-state index contributed by atoms with van der Waals surface area (Å²) in [4.78, 5) is 30.4. The molecular weight excluding hydrogens is 410 g/mol. The topological polar surface area (TPSA) is 62.3 Å².